The fraction of sp³-hybridized carbons (Fsp3) is 0.538. The minimum Gasteiger partial charge on any atom is -0.352 e. The molecule has 2 aliphatic rings. The molecule has 0 radical (unpaired) electrons. The summed E-state index contributed by atoms with van der Waals surface area (Å²) in [7, 11) is 0. The zero-order chi connectivity index (χ0) is 21.2. The molecule has 164 valence electrons. The molecule has 0 bridgehead atoms. The number of amides is 1. The fourth-order valence-electron chi connectivity index (χ4n) is 5.61. The highest BCUT2D eigenvalue weighted by Crippen LogP contribution is 2.40. The van der Waals surface area contributed by atoms with Crippen molar-refractivity contribution in [2.45, 2.75) is 83.2 Å². The minimum atomic E-state index is -0.189. The number of nitrogens with zero attached hydrogens (tertiary/aromatic N) is 2. The number of imidazole rings is 1. The van der Waals surface area contributed by atoms with Crippen molar-refractivity contribution >= 4 is 28.3 Å². The van der Waals surface area contributed by atoms with Crippen molar-refractivity contribution in [3.8, 4) is 10.7 Å². The molecule has 2 aliphatic carbocycles. The van der Waals surface area contributed by atoms with E-state index in [9.17, 15) is 4.79 Å². The van der Waals surface area contributed by atoms with Crippen LogP contribution in [0.2, 0.25) is 0 Å². The third kappa shape index (κ3) is 4.17. The second kappa shape index (κ2) is 9.15. The number of aryl methyl sites for hydroxylation is 1. The van der Waals surface area contributed by atoms with Crippen LogP contribution in [0.5, 0.6) is 0 Å². The van der Waals surface area contributed by atoms with Crippen LogP contribution in [-0.4, -0.2) is 21.5 Å². The van der Waals surface area contributed by atoms with Gasteiger partial charge >= 0.3 is 0 Å². The Morgan fingerprint density at radius 1 is 1.03 bits per heavy atom. The van der Waals surface area contributed by atoms with Gasteiger partial charge in [0.25, 0.3) is 0 Å². The zero-order valence-corrected chi connectivity index (χ0v) is 19.3. The smallest absolute Gasteiger partial charge is 0.243 e. The first-order chi connectivity index (χ1) is 15.2. The second-order valence-electron chi connectivity index (χ2n) is 9.41. The van der Waals surface area contributed by atoms with Crippen LogP contribution in [0.3, 0.4) is 0 Å². The van der Waals surface area contributed by atoms with Crippen molar-refractivity contribution in [2.75, 3.05) is 0 Å². The van der Waals surface area contributed by atoms with E-state index in [2.05, 4.69) is 46.5 Å². The molecule has 1 aromatic carbocycles. The molecule has 5 heteroatoms. The number of fused-ring (bicyclic) bond motifs is 1. The van der Waals surface area contributed by atoms with Gasteiger partial charge in [-0.15, -0.1) is 11.3 Å². The molecule has 2 aromatic heterocycles. The lowest BCUT2D eigenvalue weighted by molar-refractivity contribution is -0.127. The monoisotopic (exact) mass is 435 g/mol. The van der Waals surface area contributed by atoms with E-state index in [1.807, 2.05) is 6.07 Å². The average Bonchev–Trinajstić information content (AvgIpc) is 3.39. The van der Waals surface area contributed by atoms with Gasteiger partial charge in [0.05, 0.1) is 15.9 Å². The highest BCUT2D eigenvalue weighted by molar-refractivity contribution is 7.13. The number of para-hydroxylation sites is 2. The Bertz CT molecular complexity index is 1040. The fourth-order valence-corrected chi connectivity index (χ4v) is 6.53. The number of hydrogen-bond acceptors (Lipinski definition) is 3. The van der Waals surface area contributed by atoms with E-state index in [1.54, 1.807) is 11.3 Å². The van der Waals surface area contributed by atoms with Crippen LogP contribution >= 0.6 is 11.3 Å². The molecule has 1 unspecified atom stereocenters. The van der Waals surface area contributed by atoms with Gasteiger partial charge in [-0.3, -0.25) is 4.79 Å². The van der Waals surface area contributed by atoms with Crippen molar-refractivity contribution in [3.63, 3.8) is 0 Å². The largest absolute Gasteiger partial charge is 0.352 e. The lowest BCUT2D eigenvalue weighted by atomic mass is 9.82. The Kier molecular flexibility index (Phi) is 6.13. The highest BCUT2D eigenvalue weighted by Gasteiger charge is 2.35. The number of thiophene rings is 1. The van der Waals surface area contributed by atoms with Gasteiger partial charge < -0.3 is 9.88 Å². The molecule has 1 N–H and O–H groups in total. The van der Waals surface area contributed by atoms with Crippen molar-refractivity contribution in [1.29, 1.82) is 0 Å². The summed E-state index contributed by atoms with van der Waals surface area (Å²) < 4.78 is 2.29. The van der Waals surface area contributed by atoms with Crippen LogP contribution in [0.15, 0.2) is 35.7 Å². The Morgan fingerprint density at radius 2 is 1.74 bits per heavy atom. The van der Waals surface area contributed by atoms with Crippen molar-refractivity contribution < 1.29 is 4.79 Å². The molecule has 2 fully saturated rings. The van der Waals surface area contributed by atoms with Crippen LogP contribution in [0.25, 0.3) is 21.7 Å². The summed E-state index contributed by atoms with van der Waals surface area (Å²) in [5, 5.41) is 5.60. The maximum absolute atomic E-state index is 13.9. The van der Waals surface area contributed by atoms with Crippen LogP contribution in [0, 0.1) is 12.8 Å². The van der Waals surface area contributed by atoms with Gasteiger partial charge in [0.2, 0.25) is 5.91 Å². The van der Waals surface area contributed by atoms with Crippen LogP contribution in [-0.2, 0) is 4.79 Å². The van der Waals surface area contributed by atoms with Gasteiger partial charge in [-0.1, -0.05) is 50.7 Å². The summed E-state index contributed by atoms with van der Waals surface area (Å²) in [5.74, 6) is 1.54. The number of nitrogens with one attached hydrogen (secondary N) is 1. The van der Waals surface area contributed by atoms with Gasteiger partial charge in [-0.05, 0) is 67.7 Å². The van der Waals surface area contributed by atoms with E-state index in [0.29, 0.717) is 12.0 Å². The van der Waals surface area contributed by atoms with Crippen molar-refractivity contribution in [3.05, 3.63) is 41.3 Å². The molecule has 0 aliphatic heterocycles. The van der Waals surface area contributed by atoms with Gasteiger partial charge in [0, 0.05) is 6.04 Å². The summed E-state index contributed by atoms with van der Waals surface area (Å²) in [4.78, 5) is 20.1. The lowest BCUT2D eigenvalue weighted by Gasteiger charge is -2.33. The lowest BCUT2D eigenvalue weighted by Crippen LogP contribution is -2.43. The van der Waals surface area contributed by atoms with E-state index < -0.39 is 0 Å². The molecule has 5 rings (SSSR count). The van der Waals surface area contributed by atoms with Gasteiger partial charge in [-0.25, -0.2) is 4.98 Å². The Labute approximate surface area is 189 Å². The van der Waals surface area contributed by atoms with E-state index in [4.69, 9.17) is 4.98 Å². The van der Waals surface area contributed by atoms with Crippen LogP contribution in [0.1, 0.15) is 75.8 Å². The minimum absolute atomic E-state index is 0.189. The number of carbonyl (C=O) groups excluding carboxylic acids is 1. The summed E-state index contributed by atoms with van der Waals surface area (Å²) in [6, 6.07) is 10.6. The normalized spacial score (nSPS) is 19.5. The number of benzene rings is 1. The molecule has 2 saturated carbocycles. The number of carbonyl (C=O) groups is 1. The predicted octanol–water partition coefficient (Wildman–Crippen LogP) is 6.64. The quantitative estimate of drug-likeness (QED) is 0.488. The van der Waals surface area contributed by atoms with Gasteiger partial charge in [-0.2, -0.15) is 0 Å². The molecular formula is C26H33N3OS. The van der Waals surface area contributed by atoms with E-state index >= 15 is 0 Å². The Balaban J connectivity index is 1.61. The van der Waals surface area contributed by atoms with Crippen LogP contribution in [0.4, 0.5) is 0 Å². The SMILES string of the molecule is Cc1ccsc1-c1nc2ccccc2n1C(C(=O)NC1CCCCC1)C1CCCCC1. The molecular weight excluding hydrogens is 402 g/mol. The summed E-state index contributed by atoms with van der Waals surface area (Å²) in [5.41, 5.74) is 3.30. The molecule has 1 atom stereocenters. The Morgan fingerprint density at radius 3 is 2.45 bits per heavy atom. The third-order valence-corrected chi connectivity index (χ3v) is 8.27. The molecule has 2 heterocycles. The number of hydrogen-bond donors (Lipinski definition) is 1. The second-order valence-corrected chi connectivity index (χ2v) is 10.3. The predicted molar refractivity (Wildman–Crippen MR) is 128 cm³/mol. The molecule has 0 spiro atoms. The van der Waals surface area contributed by atoms with Gasteiger partial charge in [0.15, 0.2) is 5.82 Å². The van der Waals surface area contributed by atoms with E-state index in [-0.39, 0.29) is 11.9 Å². The summed E-state index contributed by atoms with van der Waals surface area (Å²) in [6.45, 7) is 2.15. The van der Waals surface area contributed by atoms with E-state index in [1.165, 1.54) is 49.0 Å². The van der Waals surface area contributed by atoms with Crippen molar-refractivity contribution in [1.82, 2.24) is 14.9 Å². The maximum atomic E-state index is 13.9. The number of rotatable bonds is 5. The zero-order valence-electron chi connectivity index (χ0n) is 18.5. The molecule has 1 amide bonds. The highest BCUT2D eigenvalue weighted by atomic mass is 32.1. The maximum Gasteiger partial charge on any atom is 0.243 e. The molecule has 3 aromatic rings. The summed E-state index contributed by atoms with van der Waals surface area (Å²) >= 11 is 1.73. The first kappa shape index (κ1) is 20.7. The number of aromatic nitrogens is 2. The average molecular weight is 436 g/mol. The summed E-state index contributed by atoms with van der Waals surface area (Å²) in [6.07, 6.45) is 12.0. The first-order valence-electron chi connectivity index (χ1n) is 12.0. The van der Waals surface area contributed by atoms with Crippen LogP contribution < -0.4 is 5.32 Å². The molecule has 31 heavy (non-hydrogen) atoms. The van der Waals surface area contributed by atoms with Crippen molar-refractivity contribution in [2.24, 2.45) is 5.92 Å². The standard InChI is InChI=1S/C26H33N3OS/c1-18-16-17-31-24(18)25-28-21-14-8-9-15-22(21)29(25)23(19-10-4-2-5-11-19)26(30)27-20-12-6-3-7-13-20/h8-9,14-17,19-20,23H,2-7,10-13H2,1H3,(H,27,30). The molecule has 0 saturated heterocycles. The van der Waals surface area contributed by atoms with Gasteiger partial charge in [0.1, 0.15) is 6.04 Å². The van der Waals surface area contributed by atoms with E-state index in [0.717, 1.165) is 42.5 Å². The topological polar surface area (TPSA) is 46.9 Å². The Hall–Kier alpha value is -2.14. The third-order valence-electron chi connectivity index (χ3n) is 7.26. The molecule has 4 nitrogen and oxygen atoms in total. The first-order valence-corrected chi connectivity index (χ1v) is 12.9.